The first kappa shape index (κ1) is 19.1. The number of fused-ring (bicyclic) bond motifs is 1. The summed E-state index contributed by atoms with van der Waals surface area (Å²) in [5.74, 6) is 1.05. The minimum Gasteiger partial charge on any atom is -0.508 e. The Morgan fingerprint density at radius 1 is 0.576 bits per heavy atom. The molecule has 2 heterocycles. The average molecular weight is 428 g/mol. The topological polar surface area (TPSA) is 42.5 Å². The van der Waals surface area contributed by atoms with Crippen molar-refractivity contribution in [2.75, 3.05) is 0 Å². The first-order chi connectivity index (χ1) is 16.3. The number of phenols is 1. The van der Waals surface area contributed by atoms with Crippen molar-refractivity contribution in [3.8, 4) is 45.2 Å². The van der Waals surface area contributed by atoms with Crippen LogP contribution >= 0.6 is 0 Å². The molecule has 0 unspecified atom stereocenters. The van der Waals surface area contributed by atoms with E-state index in [1.165, 1.54) is 0 Å². The summed E-state index contributed by atoms with van der Waals surface area (Å²) in [7, 11) is 0. The molecule has 0 saturated heterocycles. The second-order valence-corrected chi connectivity index (χ2v) is 7.94. The number of imidazole rings is 2. The van der Waals surface area contributed by atoms with Crippen molar-refractivity contribution in [3.05, 3.63) is 121 Å². The molecule has 0 saturated carbocycles. The molecule has 4 heteroatoms. The van der Waals surface area contributed by atoms with E-state index in [1.807, 2.05) is 54.6 Å². The fraction of sp³-hybridized carbons (Fsp3) is 0. The Labute approximate surface area is 191 Å². The highest BCUT2D eigenvalue weighted by Crippen LogP contribution is 2.37. The molecule has 4 nitrogen and oxygen atoms in total. The van der Waals surface area contributed by atoms with Gasteiger partial charge in [0.2, 0.25) is 5.78 Å². The molecule has 33 heavy (non-hydrogen) atoms. The predicted octanol–water partition coefficient (Wildman–Crippen LogP) is 6.83. The van der Waals surface area contributed by atoms with Crippen molar-refractivity contribution < 1.29 is 5.11 Å². The summed E-state index contributed by atoms with van der Waals surface area (Å²) >= 11 is 0. The molecule has 2 aromatic heterocycles. The predicted molar refractivity (Wildman–Crippen MR) is 132 cm³/mol. The summed E-state index contributed by atoms with van der Waals surface area (Å²) in [6, 6.07) is 38.2. The Morgan fingerprint density at radius 2 is 1.12 bits per heavy atom. The number of phenolic OH excluding ortho intramolecular Hbond substituents is 1. The fourth-order valence-electron chi connectivity index (χ4n) is 4.33. The van der Waals surface area contributed by atoms with E-state index in [4.69, 9.17) is 4.98 Å². The monoisotopic (exact) mass is 427 g/mol. The van der Waals surface area contributed by atoms with Crippen LogP contribution in [0.3, 0.4) is 0 Å². The molecule has 6 aromatic rings. The molecule has 6 rings (SSSR count). The first-order valence-electron chi connectivity index (χ1n) is 10.9. The normalized spacial score (nSPS) is 11.2. The van der Waals surface area contributed by atoms with Gasteiger partial charge in [-0.2, -0.15) is 0 Å². The van der Waals surface area contributed by atoms with Crippen LogP contribution in [0, 0.1) is 0 Å². The molecule has 0 aliphatic heterocycles. The minimum atomic E-state index is 0.237. The summed E-state index contributed by atoms with van der Waals surface area (Å²) in [5, 5.41) is 9.87. The molecular weight excluding hydrogens is 406 g/mol. The fourth-order valence-corrected chi connectivity index (χ4v) is 4.33. The number of nitrogens with zero attached hydrogens (tertiary/aromatic N) is 3. The Morgan fingerprint density at radius 3 is 1.73 bits per heavy atom. The van der Waals surface area contributed by atoms with Gasteiger partial charge in [0.1, 0.15) is 5.75 Å². The van der Waals surface area contributed by atoms with Crippen LogP contribution in [0.2, 0.25) is 0 Å². The van der Waals surface area contributed by atoms with E-state index in [9.17, 15) is 5.11 Å². The van der Waals surface area contributed by atoms with E-state index in [-0.39, 0.29) is 5.75 Å². The number of hydrogen-bond acceptors (Lipinski definition) is 2. The molecule has 158 valence electrons. The zero-order valence-electron chi connectivity index (χ0n) is 17.8. The summed E-state index contributed by atoms with van der Waals surface area (Å²) < 4.78 is 4.32. The molecule has 0 aliphatic carbocycles. The maximum Gasteiger partial charge on any atom is 0.220 e. The molecule has 0 atom stereocenters. The van der Waals surface area contributed by atoms with Gasteiger partial charge >= 0.3 is 0 Å². The van der Waals surface area contributed by atoms with E-state index in [1.54, 1.807) is 12.1 Å². The van der Waals surface area contributed by atoms with Gasteiger partial charge in [-0.05, 0) is 24.3 Å². The summed E-state index contributed by atoms with van der Waals surface area (Å²) in [6.07, 6.45) is 2.15. The van der Waals surface area contributed by atoms with Crippen molar-refractivity contribution in [1.82, 2.24) is 14.0 Å². The Balaban J connectivity index is 1.72. The number of benzene rings is 4. The largest absolute Gasteiger partial charge is 0.508 e. The molecule has 0 amide bonds. The van der Waals surface area contributed by atoms with E-state index in [0.29, 0.717) is 0 Å². The molecule has 0 spiro atoms. The SMILES string of the molecule is Oc1ccc(-n2c(-c3ccccc3)cn3c(-c4ccccc4)c(-c4ccccc4)nc23)cc1. The van der Waals surface area contributed by atoms with Crippen LogP contribution in [-0.4, -0.2) is 19.1 Å². The lowest BCUT2D eigenvalue weighted by Crippen LogP contribution is -1.97. The van der Waals surface area contributed by atoms with Gasteiger partial charge in [0.05, 0.1) is 17.1 Å². The van der Waals surface area contributed by atoms with Gasteiger partial charge in [-0.1, -0.05) is 91.0 Å². The first-order valence-corrected chi connectivity index (χ1v) is 10.9. The number of aromatic nitrogens is 3. The van der Waals surface area contributed by atoms with Gasteiger partial charge < -0.3 is 5.11 Å². The second-order valence-electron chi connectivity index (χ2n) is 7.94. The Bertz CT molecular complexity index is 1530. The van der Waals surface area contributed by atoms with Crippen LogP contribution in [-0.2, 0) is 0 Å². The van der Waals surface area contributed by atoms with Crippen LogP contribution in [0.25, 0.3) is 45.2 Å². The minimum absolute atomic E-state index is 0.237. The maximum absolute atomic E-state index is 9.87. The Hall–Kier alpha value is -4.57. The van der Waals surface area contributed by atoms with Gasteiger partial charge in [0, 0.05) is 28.6 Å². The van der Waals surface area contributed by atoms with Crippen molar-refractivity contribution in [1.29, 1.82) is 0 Å². The van der Waals surface area contributed by atoms with Gasteiger partial charge in [0.25, 0.3) is 0 Å². The Kier molecular flexibility index (Phi) is 4.55. The number of hydrogen-bond donors (Lipinski definition) is 1. The number of rotatable bonds is 4. The van der Waals surface area contributed by atoms with Crippen molar-refractivity contribution in [2.45, 2.75) is 0 Å². The summed E-state index contributed by atoms with van der Waals surface area (Å²) in [4.78, 5) is 5.17. The van der Waals surface area contributed by atoms with Crippen LogP contribution < -0.4 is 0 Å². The van der Waals surface area contributed by atoms with Crippen LogP contribution in [0.1, 0.15) is 0 Å². The molecular formula is C29H21N3O. The van der Waals surface area contributed by atoms with Gasteiger partial charge in [-0.15, -0.1) is 0 Å². The molecule has 0 bridgehead atoms. The highest BCUT2D eigenvalue weighted by Gasteiger charge is 2.22. The lowest BCUT2D eigenvalue weighted by atomic mass is 10.0. The molecule has 0 fully saturated rings. The standard InChI is InChI=1S/C29H21N3O/c33-25-18-16-24(17-19-25)32-26(21-10-4-1-5-11-21)20-31-28(23-14-8-3-9-15-23)27(30-29(31)32)22-12-6-2-7-13-22/h1-20,33H. The third-order valence-electron chi connectivity index (χ3n) is 5.86. The van der Waals surface area contributed by atoms with Gasteiger partial charge in [-0.25, -0.2) is 4.98 Å². The van der Waals surface area contributed by atoms with Crippen LogP contribution in [0.5, 0.6) is 5.75 Å². The lowest BCUT2D eigenvalue weighted by Gasteiger charge is -2.09. The molecule has 1 N–H and O–H groups in total. The van der Waals surface area contributed by atoms with Crippen molar-refractivity contribution in [2.24, 2.45) is 0 Å². The molecule has 0 aliphatic rings. The van der Waals surface area contributed by atoms with Crippen molar-refractivity contribution >= 4 is 5.78 Å². The van der Waals surface area contributed by atoms with Crippen molar-refractivity contribution in [3.63, 3.8) is 0 Å². The smallest absolute Gasteiger partial charge is 0.220 e. The summed E-state index contributed by atoms with van der Waals surface area (Å²) in [5.41, 5.74) is 7.21. The zero-order valence-corrected chi connectivity index (χ0v) is 17.8. The lowest BCUT2D eigenvalue weighted by molar-refractivity contribution is 0.475. The molecule has 4 aromatic carbocycles. The van der Waals surface area contributed by atoms with Gasteiger partial charge in [-0.3, -0.25) is 8.97 Å². The van der Waals surface area contributed by atoms with E-state index in [0.717, 1.165) is 45.2 Å². The highest BCUT2D eigenvalue weighted by molar-refractivity contribution is 5.83. The van der Waals surface area contributed by atoms with Gasteiger partial charge in [0.15, 0.2) is 0 Å². The highest BCUT2D eigenvalue weighted by atomic mass is 16.3. The average Bonchev–Trinajstić information content (AvgIpc) is 3.43. The maximum atomic E-state index is 9.87. The quantitative estimate of drug-likeness (QED) is 0.335. The third-order valence-corrected chi connectivity index (χ3v) is 5.86. The van der Waals surface area contributed by atoms with E-state index >= 15 is 0 Å². The number of aromatic hydroxyl groups is 1. The summed E-state index contributed by atoms with van der Waals surface area (Å²) in [6.45, 7) is 0. The van der Waals surface area contributed by atoms with Crippen LogP contribution in [0.4, 0.5) is 0 Å². The third kappa shape index (κ3) is 3.29. The van der Waals surface area contributed by atoms with E-state index < -0.39 is 0 Å². The molecule has 0 radical (unpaired) electrons. The second kappa shape index (κ2) is 7.84. The zero-order chi connectivity index (χ0) is 22.2. The van der Waals surface area contributed by atoms with Crippen LogP contribution in [0.15, 0.2) is 121 Å². The van der Waals surface area contributed by atoms with E-state index in [2.05, 4.69) is 63.7 Å².